The number of anilines is 2. The highest BCUT2D eigenvalue weighted by Gasteiger charge is 2.44. The molecule has 1 aliphatic heterocycles. The van der Waals surface area contributed by atoms with Crippen LogP contribution in [-0.4, -0.2) is 25.4 Å². The van der Waals surface area contributed by atoms with Gasteiger partial charge in [0.1, 0.15) is 0 Å². The molecule has 3 N–H and O–H groups in total. The molecule has 1 aromatic carbocycles. The fourth-order valence-corrected chi connectivity index (χ4v) is 2.14. The van der Waals surface area contributed by atoms with Gasteiger partial charge in [0.25, 0.3) is 0 Å². The molecule has 1 heterocycles. The van der Waals surface area contributed by atoms with Crippen molar-refractivity contribution in [3.8, 4) is 11.5 Å². The lowest BCUT2D eigenvalue weighted by molar-refractivity contribution is -0.118. The van der Waals surface area contributed by atoms with E-state index in [4.69, 9.17) is 19.9 Å². The van der Waals surface area contributed by atoms with Gasteiger partial charge in [-0.3, -0.25) is 4.79 Å². The average molecular weight is 301 g/mol. The number of halogens is 1. The van der Waals surface area contributed by atoms with Gasteiger partial charge in [0.15, 0.2) is 11.5 Å². The molecule has 2 aliphatic rings. The summed E-state index contributed by atoms with van der Waals surface area (Å²) in [5.74, 6) is 1.06. The minimum atomic E-state index is -0.0789. The number of ether oxygens (including phenoxy) is 3. The number of nitrogens with one attached hydrogen (secondary N) is 1. The molecular weight excluding hydrogens is 284 g/mol. The van der Waals surface area contributed by atoms with Gasteiger partial charge in [-0.25, -0.2) is 0 Å². The molecule has 0 radical (unpaired) electrons. The number of fused-ring (bicyclic) bond motifs is 1. The third-order valence-electron chi connectivity index (χ3n) is 3.25. The molecule has 2 atom stereocenters. The normalized spacial score (nSPS) is 22.1. The van der Waals surface area contributed by atoms with Crippen LogP contribution in [0.5, 0.6) is 11.5 Å². The Balaban J connectivity index is 0.00000147. The van der Waals surface area contributed by atoms with Crippen LogP contribution in [0.4, 0.5) is 11.4 Å². The molecule has 1 fully saturated rings. The van der Waals surface area contributed by atoms with Crippen molar-refractivity contribution in [3.05, 3.63) is 12.1 Å². The van der Waals surface area contributed by atoms with E-state index in [1.165, 1.54) is 0 Å². The Labute approximate surface area is 123 Å². The van der Waals surface area contributed by atoms with Crippen LogP contribution < -0.4 is 20.5 Å². The maximum Gasteiger partial charge on any atom is 0.231 e. The zero-order valence-corrected chi connectivity index (χ0v) is 11.9. The van der Waals surface area contributed by atoms with Crippen LogP contribution in [-0.2, 0) is 9.53 Å². The van der Waals surface area contributed by atoms with Gasteiger partial charge in [-0.1, -0.05) is 0 Å². The number of amides is 1. The first-order valence-corrected chi connectivity index (χ1v) is 6.30. The number of benzene rings is 1. The highest BCUT2D eigenvalue weighted by molar-refractivity contribution is 5.97. The Morgan fingerprint density at radius 2 is 2.15 bits per heavy atom. The minimum absolute atomic E-state index is 0. The van der Waals surface area contributed by atoms with Crippen LogP contribution in [0.1, 0.15) is 13.3 Å². The lowest BCUT2D eigenvalue weighted by atomic mass is 10.2. The van der Waals surface area contributed by atoms with Crippen molar-refractivity contribution in [1.29, 1.82) is 0 Å². The summed E-state index contributed by atoms with van der Waals surface area (Å²) < 4.78 is 15.9. The minimum Gasteiger partial charge on any atom is -0.454 e. The summed E-state index contributed by atoms with van der Waals surface area (Å²) in [4.78, 5) is 12.0. The van der Waals surface area contributed by atoms with Gasteiger partial charge >= 0.3 is 0 Å². The van der Waals surface area contributed by atoms with E-state index in [1.807, 2.05) is 6.92 Å². The molecule has 6 nitrogen and oxygen atoms in total. The fourth-order valence-electron chi connectivity index (χ4n) is 2.14. The standard InChI is InChI=1S/C13H16N2O4.ClH/c1-2-17-10-3-7(10)13(16)15-9-5-12-11(4-8(9)14)18-6-19-12;/h4-5,7,10H,2-3,6,14H2,1H3,(H,15,16);1H. The van der Waals surface area contributed by atoms with Crippen LogP contribution in [0.2, 0.25) is 0 Å². The maximum absolute atomic E-state index is 12.0. The monoisotopic (exact) mass is 300 g/mol. The Hall–Kier alpha value is -1.66. The topological polar surface area (TPSA) is 82.8 Å². The van der Waals surface area contributed by atoms with Crippen LogP contribution >= 0.6 is 12.4 Å². The van der Waals surface area contributed by atoms with E-state index in [0.717, 1.165) is 6.42 Å². The molecule has 20 heavy (non-hydrogen) atoms. The number of nitrogen functional groups attached to an aromatic ring is 1. The Morgan fingerprint density at radius 3 is 2.85 bits per heavy atom. The van der Waals surface area contributed by atoms with Crippen molar-refractivity contribution in [2.75, 3.05) is 24.5 Å². The molecule has 7 heteroatoms. The predicted octanol–water partition coefficient (Wildman–Crippen LogP) is 1.78. The number of nitrogens with two attached hydrogens (primary N) is 1. The van der Waals surface area contributed by atoms with E-state index in [9.17, 15) is 4.79 Å². The quantitative estimate of drug-likeness (QED) is 0.828. The van der Waals surface area contributed by atoms with Crippen molar-refractivity contribution in [2.45, 2.75) is 19.4 Å². The molecule has 1 aromatic rings. The highest BCUT2D eigenvalue weighted by Crippen LogP contribution is 2.40. The first kappa shape index (κ1) is 14.7. The fraction of sp³-hybridized carbons (Fsp3) is 0.462. The van der Waals surface area contributed by atoms with Crippen molar-refractivity contribution in [2.24, 2.45) is 5.92 Å². The molecule has 1 aliphatic carbocycles. The maximum atomic E-state index is 12.0. The summed E-state index contributed by atoms with van der Waals surface area (Å²) in [5.41, 5.74) is 6.89. The van der Waals surface area contributed by atoms with Crippen molar-refractivity contribution in [3.63, 3.8) is 0 Å². The van der Waals surface area contributed by atoms with Crippen molar-refractivity contribution < 1.29 is 19.0 Å². The first-order valence-electron chi connectivity index (χ1n) is 6.30. The number of hydrogen-bond acceptors (Lipinski definition) is 5. The molecule has 0 bridgehead atoms. The number of carbonyl (C=O) groups is 1. The Morgan fingerprint density at radius 1 is 1.45 bits per heavy atom. The average Bonchev–Trinajstić information content (AvgIpc) is 3.00. The van der Waals surface area contributed by atoms with E-state index < -0.39 is 0 Å². The van der Waals surface area contributed by atoms with E-state index in [2.05, 4.69) is 5.32 Å². The van der Waals surface area contributed by atoms with E-state index in [1.54, 1.807) is 12.1 Å². The van der Waals surface area contributed by atoms with Crippen molar-refractivity contribution >= 4 is 29.7 Å². The summed E-state index contributed by atoms with van der Waals surface area (Å²) in [6.07, 6.45) is 0.810. The molecule has 3 rings (SSSR count). The van der Waals surface area contributed by atoms with E-state index in [-0.39, 0.29) is 37.1 Å². The lowest BCUT2D eigenvalue weighted by Crippen LogP contribution is -2.17. The zero-order valence-electron chi connectivity index (χ0n) is 11.0. The SMILES string of the molecule is CCOC1CC1C(=O)Nc1cc2c(cc1N)OCO2.Cl. The summed E-state index contributed by atoms with van der Waals surface area (Å²) in [5, 5.41) is 2.81. The third kappa shape index (κ3) is 2.76. The van der Waals surface area contributed by atoms with Gasteiger partial charge in [-0.15, -0.1) is 12.4 Å². The van der Waals surface area contributed by atoms with Crippen LogP contribution in [0, 0.1) is 5.92 Å². The van der Waals surface area contributed by atoms with Gasteiger partial charge in [-0.05, 0) is 13.3 Å². The Kier molecular flexibility index (Phi) is 4.25. The molecule has 0 saturated heterocycles. The van der Waals surface area contributed by atoms with E-state index in [0.29, 0.717) is 29.5 Å². The molecule has 0 aromatic heterocycles. The molecule has 1 amide bonds. The largest absolute Gasteiger partial charge is 0.454 e. The summed E-state index contributed by atoms with van der Waals surface area (Å²) in [6.45, 7) is 2.73. The number of rotatable bonds is 4. The Bertz CT molecular complexity index is 523. The number of hydrogen-bond donors (Lipinski definition) is 2. The second-order valence-electron chi connectivity index (χ2n) is 4.62. The summed E-state index contributed by atoms with van der Waals surface area (Å²) in [7, 11) is 0. The molecule has 110 valence electrons. The van der Waals surface area contributed by atoms with Gasteiger partial charge < -0.3 is 25.3 Å². The van der Waals surface area contributed by atoms with Gasteiger partial charge in [0.2, 0.25) is 12.7 Å². The zero-order chi connectivity index (χ0) is 13.4. The molecule has 0 spiro atoms. The summed E-state index contributed by atoms with van der Waals surface area (Å²) >= 11 is 0. The third-order valence-corrected chi connectivity index (χ3v) is 3.25. The summed E-state index contributed by atoms with van der Waals surface area (Å²) in [6, 6.07) is 3.35. The van der Waals surface area contributed by atoms with E-state index >= 15 is 0 Å². The van der Waals surface area contributed by atoms with Crippen LogP contribution in [0.25, 0.3) is 0 Å². The van der Waals surface area contributed by atoms with Crippen molar-refractivity contribution in [1.82, 2.24) is 0 Å². The second-order valence-corrected chi connectivity index (χ2v) is 4.62. The van der Waals surface area contributed by atoms with Gasteiger partial charge in [0, 0.05) is 18.7 Å². The lowest BCUT2D eigenvalue weighted by Gasteiger charge is -2.09. The van der Waals surface area contributed by atoms with Crippen LogP contribution in [0.15, 0.2) is 12.1 Å². The van der Waals surface area contributed by atoms with Gasteiger partial charge in [0.05, 0.1) is 23.4 Å². The van der Waals surface area contributed by atoms with Gasteiger partial charge in [-0.2, -0.15) is 0 Å². The number of carbonyl (C=O) groups excluding carboxylic acids is 1. The smallest absolute Gasteiger partial charge is 0.231 e. The predicted molar refractivity (Wildman–Crippen MR) is 76.4 cm³/mol. The highest BCUT2D eigenvalue weighted by atomic mass is 35.5. The second kappa shape index (κ2) is 5.76. The molecular formula is C13H17ClN2O4. The first-order chi connectivity index (χ1) is 9.19. The molecule has 1 saturated carbocycles. The molecule has 2 unspecified atom stereocenters. The van der Waals surface area contributed by atoms with Crippen LogP contribution in [0.3, 0.4) is 0 Å².